The van der Waals surface area contributed by atoms with Crippen LogP contribution in [0.25, 0.3) is 0 Å². The molecule has 0 aliphatic rings. The zero-order chi connectivity index (χ0) is 19.2. The average Bonchev–Trinajstić information content (AvgIpc) is 2.60. The summed E-state index contributed by atoms with van der Waals surface area (Å²) in [5, 5.41) is 13.4. The highest BCUT2D eigenvalue weighted by atomic mass is 19.4. The average molecular weight is 361 g/mol. The van der Waals surface area contributed by atoms with Crippen molar-refractivity contribution >= 4 is 17.5 Å². The van der Waals surface area contributed by atoms with Crippen LogP contribution in [-0.2, 0) is 17.5 Å². The molecule has 0 atom stereocenters. The summed E-state index contributed by atoms with van der Waals surface area (Å²) in [4.78, 5) is 23.7. The van der Waals surface area contributed by atoms with Gasteiger partial charge in [0.2, 0.25) is 5.91 Å². The Hall–Kier alpha value is -3.34. The first-order chi connectivity index (χ1) is 12.3. The fraction of sp³-hybridized carbons (Fsp3) is 0.167. The Morgan fingerprint density at radius 2 is 1.69 bits per heavy atom. The molecule has 0 spiro atoms. The van der Waals surface area contributed by atoms with E-state index in [0.29, 0.717) is 5.56 Å². The van der Waals surface area contributed by atoms with Crippen molar-refractivity contribution in [2.45, 2.75) is 19.1 Å². The number of carbonyl (C=O) groups is 2. The van der Waals surface area contributed by atoms with E-state index in [1.54, 1.807) is 24.3 Å². The summed E-state index contributed by atoms with van der Waals surface area (Å²) < 4.78 is 39.2. The molecule has 0 unspecified atom stereocenters. The Morgan fingerprint density at radius 1 is 1.04 bits per heavy atom. The standard InChI is InChI=1S/C18H14F3N3O2/c19-18(20,21)14-7-3-2-6-13(14)17(26)24-15-8-4-1-5-12(15)11-23-16(25)9-10-22/h1-8H,9,11H2,(H,23,25)(H,24,26). The Balaban J connectivity index is 2.21. The first-order valence-corrected chi connectivity index (χ1v) is 7.52. The molecule has 2 amide bonds. The highest BCUT2D eigenvalue weighted by Gasteiger charge is 2.34. The molecule has 0 bridgehead atoms. The number of carbonyl (C=O) groups excluding carboxylic acids is 2. The molecule has 0 radical (unpaired) electrons. The summed E-state index contributed by atoms with van der Waals surface area (Å²) in [6, 6.07) is 12.6. The van der Waals surface area contributed by atoms with Crippen molar-refractivity contribution in [1.82, 2.24) is 5.32 Å². The zero-order valence-electron chi connectivity index (χ0n) is 13.4. The predicted molar refractivity (Wildman–Crippen MR) is 87.9 cm³/mol. The molecule has 26 heavy (non-hydrogen) atoms. The van der Waals surface area contributed by atoms with Crippen LogP contribution in [0, 0.1) is 11.3 Å². The molecule has 0 aliphatic carbocycles. The van der Waals surface area contributed by atoms with Crippen molar-refractivity contribution in [3.63, 3.8) is 0 Å². The van der Waals surface area contributed by atoms with Crippen LogP contribution in [0.5, 0.6) is 0 Å². The van der Waals surface area contributed by atoms with E-state index in [1.807, 2.05) is 0 Å². The first kappa shape index (κ1) is 19.0. The fourth-order valence-corrected chi connectivity index (χ4v) is 2.24. The van der Waals surface area contributed by atoms with E-state index in [1.165, 1.54) is 18.2 Å². The Morgan fingerprint density at radius 3 is 2.38 bits per heavy atom. The lowest BCUT2D eigenvalue weighted by Gasteiger charge is -2.15. The Bertz CT molecular complexity index is 857. The SMILES string of the molecule is N#CCC(=O)NCc1ccccc1NC(=O)c1ccccc1C(F)(F)F. The van der Waals surface area contributed by atoms with Gasteiger partial charge >= 0.3 is 6.18 Å². The molecule has 0 aliphatic heterocycles. The topological polar surface area (TPSA) is 82.0 Å². The quantitative estimate of drug-likeness (QED) is 0.855. The summed E-state index contributed by atoms with van der Waals surface area (Å²) in [5.74, 6) is -1.40. The van der Waals surface area contributed by atoms with Crippen LogP contribution < -0.4 is 10.6 Å². The number of amides is 2. The molecule has 0 saturated carbocycles. The summed E-state index contributed by atoms with van der Waals surface area (Å²) in [5.41, 5.74) is -0.760. The van der Waals surface area contributed by atoms with Gasteiger partial charge in [-0.25, -0.2) is 0 Å². The van der Waals surface area contributed by atoms with Gasteiger partial charge in [-0.2, -0.15) is 18.4 Å². The van der Waals surface area contributed by atoms with Crippen molar-refractivity contribution in [3.05, 3.63) is 65.2 Å². The normalized spacial score (nSPS) is 10.7. The van der Waals surface area contributed by atoms with Gasteiger partial charge in [0, 0.05) is 12.2 Å². The summed E-state index contributed by atoms with van der Waals surface area (Å²) >= 11 is 0. The maximum Gasteiger partial charge on any atom is 0.417 e. The number of nitrogens with zero attached hydrogens (tertiary/aromatic N) is 1. The fourth-order valence-electron chi connectivity index (χ4n) is 2.24. The zero-order valence-corrected chi connectivity index (χ0v) is 13.4. The summed E-state index contributed by atoms with van der Waals surface area (Å²) in [6.45, 7) is 0.0257. The maximum atomic E-state index is 13.1. The van der Waals surface area contributed by atoms with E-state index in [-0.39, 0.29) is 18.7 Å². The van der Waals surface area contributed by atoms with E-state index in [4.69, 9.17) is 5.26 Å². The summed E-state index contributed by atoms with van der Waals surface area (Å²) in [6.07, 6.45) is -4.97. The minimum absolute atomic E-state index is 0.0257. The molecule has 2 aromatic carbocycles. The van der Waals surface area contributed by atoms with Crippen LogP contribution >= 0.6 is 0 Å². The maximum absolute atomic E-state index is 13.1. The van der Waals surface area contributed by atoms with Gasteiger partial charge in [0.25, 0.3) is 5.91 Å². The third kappa shape index (κ3) is 4.83. The smallest absolute Gasteiger partial charge is 0.351 e. The van der Waals surface area contributed by atoms with Crippen molar-refractivity contribution in [3.8, 4) is 6.07 Å². The number of anilines is 1. The molecule has 134 valence electrons. The van der Waals surface area contributed by atoms with Crippen LogP contribution in [0.3, 0.4) is 0 Å². The van der Waals surface area contributed by atoms with Crippen LogP contribution in [-0.4, -0.2) is 11.8 Å². The number of hydrogen-bond acceptors (Lipinski definition) is 3. The molecule has 2 N–H and O–H groups in total. The number of nitriles is 1. The highest BCUT2D eigenvalue weighted by Crippen LogP contribution is 2.32. The number of nitrogens with one attached hydrogen (secondary N) is 2. The molecule has 0 aromatic heterocycles. The van der Waals surface area contributed by atoms with E-state index in [2.05, 4.69) is 10.6 Å². The largest absolute Gasteiger partial charge is 0.417 e. The predicted octanol–water partition coefficient (Wildman–Crippen LogP) is 3.49. The molecule has 0 fully saturated rings. The lowest BCUT2D eigenvalue weighted by Crippen LogP contribution is -2.23. The van der Waals surface area contributed by atoms with E-state index >= 15 is 0 Å². The molecule has 2 rings (SSSR count). The number of rotatable bonds is 5. The molecular formula is C18H14F3N3O2. The van der Waals surface area contributed by atoms with Gasteiger partial charge in [0.05, 0.1) is 17.2 Å². The molecular weight excluding hydrogens is 347 g/mol. The van der Waals surface area contributed by atoms with E-state index in [0.717, 1.165) is 12.1 Å². The third-order valence-electron chi connectivity index (χ3n) is 3.46. The molecule has 2 aromatic rings. The van der Waals surface area contributed by atoms with E-state index < -0.39 is 29.1 Å². The van der Waals surface area contributed by atoms with Gasteiger partial charge < -0.3 is 10.6 Å². The third-order valence-corrected chi connectivity index (χ3v) is 3.46. The lowest BCUT2D eigenvalue weighted by atomic mass is 10.1. The van der Waals surface area contributed by atoms with Crippen molar-refractivity contribution in [2.24, 2.45) is 0 Å². The van der Waals surface area contributed by atoms with Gasteiger partial charge in [0.1, 0.15) is 6.42 Å². The number of para-hydroxylation sites is 1. The molecule has 5 nitrogen and oxygen atoms in total. The number of benzene rings is 2. The van der Waals surface area contributed by atoms with Crippen LogP contribution in [0.15, 0.2) is 48.5 Å². The Labute approximate surface area is 147 Å². The highest BCUT2D eigenvalue weighted by molar-refractivity contribution is 6.05. The molecule has 0 heterocycles. The number of halogens is 3. The second kappa shape index (κ2) is 8.16. The molecule has 0 saturated heterocycles. The van der Waals surface area contributed by atoms with Gasteiger partial charge in [-0.1, -0.05) is 30.3 Å². The van der Waals surface area contributed by atoms with Crippen LogP contribution in [0.1, 0.15) is 27.9 Å². The van der Waals surface area contributed by atoms with Gasteiger partial charge in [-0.15, -0.1) is 0 Å². The van der Waals surface area contributed by atoms with Crippen LogP contribution in [0.2, 0.25) is 0 Å². The Kier molecular flexibility index (Phi) is 5.96. The van der Waals surface area contributed by atoms with E-state index in [9.17, 15) is 22.8 Å². The van der Waals surface area contributed by atoms with Gasteiger partial charge in [-0.3, -0.25) is 9.59 Å². The van der Waals surface area contributed by atoms with Crippen molar-refractivity contribution in [1.29, 1.82) is 5.26 Å². The van der Waals surface area contributed by atoms with Crippen LogP contribution in [0.4, 0.5) is 18.9 Å². The summed E-state index contributed by atoms with van der Waals surface area (Å²) in [7, 11) is 0. The van der Waals surface area contributed by atoms with Gasteiger partial charge in [0.15, 0.2) is 0 Å². The second-order valence-electron chi connectivity index (χ2n) is 5.27. The monoisotopic (exact) mass is 361 g/mol. The molecule has 8 heteroatoms. The lowest BCUT2D eigenvalue weighted by molar-refractivity contribution is -0.137. The first-order valence-electron chi connectivity index (χ1n) is 7.52. The number of alkyl halides is 3. The minimum atomic E-state index is -4.65. The van der Waals surface area contributed by atoms with Gasteiger partial charge in [-0.05, 0) is 23.8 Å². The second-order valence-corrected chi connectivity index (χ2v) is 5.27. The van der Waals surface area contributed by atoms with Crippen molar-refractivity contribution in [2.75, 3.05) is 5.32 Å². The minimum Gasteiger partial charge on any atom is -0.351 e. The number of hydrogen-bond donors (Lipinski definition) is 2. The van der Waals surface area contributed by atoms with Crippen molar-refractivity contribution < 1.29 is 22.8 Å².